The van der Waals surface area contributed by atoms with Crippen LogP contribution >= 0.6 is 7.82 Å². The van der Waals surface area contributed by atoms with Crippen molar-refractivity contribution in [1.82, 2.24) is 5.32 Å². The van der Waals surface area contributed by atoms with Gasteiger partial charge in [-0.25, -0.2) is 4.57 Å². The molecule has 3 atom stereocenters. The topological polar surface area (TPSA) is 111 Å². The molecule has 0 fully saturated rings. The second-order valence-corrected chi connectivity index (χ2v) is 20.9. The van der Waals surface area contributed by atoms with Crippen LogP contribution in [0, 0.1) is 0 Å². The number of nitrogens with zero attached hydrogens (tertiary/aromatic N) is 1. The number of allylic oxidation sites excluding steroid dienone is 3. The molecule has 0 saturated heterocycles. The fourth-order valence-electron chi connectivity index (χ4n) is 7.70. The van der Waals surface area contributed by atoms with Crippen LogP contribution < -0.4 is 5.32 Å². The van der Waals surface area contributed by atoms with Gasteiger partial charge in [0.05, 0.1) is 33.8 Å². The summed E-state index contributed by atoms with van der Waals surface area (Å²) >= 11 is 0. The number of hydrogen-bond acceptors (Lipinski definition) is 6. The van der Waals surface area contributed by atoms with E-state index in [-0.39, 0.29) is 25.1 Å². The van der Waals surface area contributed by atoms with Crippen molar-refractivity contribution < 1.29 is 37.3 Å². The van der Waals surface area contributed by atoms with E-state index in [0.29, 0.717) is 23.9 Å². The van der Waals surface area contributed by atoms with Crippen LogP contribution in [0.15, 0.2) is 24.3 Å². The summed E-state index contributed by atoms with van der Waals surface area (Å²) in [6, 6.07) is -0.847. The third-order valence-electron chi connectivity index (χ3n) is 11.9. The van der Waals surface area contributed by atoms with E-state index in [0.717, 1.165) is 70.6 Å². The van der Waals surface area contributed by atoms with E-state index in [1.54, 1.807) is 0 Å². The van der Waals surface area contributed by atoms with E-state index >= 15 is 0 Å². The molecule has 0 spiro atoms. The van der Waals surface area contributed by atoms with Gasteiger partial charge in [-0.1, -0.05) is 206 Å². The van der Waals surface area contributed by atoms with Crippen molar-refractivity contribution in [2.24, 2.45) is 0 Å². The molecule has 0 aromatic heterocycles. The van der Waals surface area contributed by atoms with Crippen molar-refractivity contribution in [2.75, 3.05) is 40.9 Å². The van der Waals surface area contributed by atoms with E-state index in [4.69, 9.17) is 13.8 Å². The fourth-order valence-corrected chi connectivity index (χ4v) is 8.43. The Morgan fingerprint density at radius 2 is 0.921 bits per heavy atom. The standard InChI is InChI=1S/C53H103N2O7P/c1-7-10-13-16-19-22-25-27-30-32-35-38-41-44-51(62-53(57)46-43-40-37-34-29-24-21-18-15-12-9-3)50(49-61-63(58,59)60-48-47-55(4,5)6)54-52(56)45-42-39-36-33-31-28-26-23-20-17-14-11-8-2/h28,31,41,44,50-51H,7-27,29-30,32-40,42-43,45-49H2,1-6H3,(H-,54,56,58,59)/p+1/b31-28-,44-41+. The number of phosphoric ester groups is 1. The second kappa shape index (κ2) is 44.3. The summed E-state index contributed by atoms with van der Waals surface area (Å²) in [7, 11) is 1.50. The molecule has 0 aliphatic heterocycles. The van der Waals surface area contributed by atoms with Crippen molar-refractivity contribution in [1.29, 1.82) is 0 Å². The summed E-state index contributed by atoms with van der Waals surface area (Å²) in [6.45, 7) is 6.99. The Balaban J connectivity index is 5.45. The maximum Gasteiger partial charge on any atom is 0.472 e. The van der Waals surface area contributed by atoms with Crippen molar-refractivity contribution in [2.45, 2.75) is 264 Å². The molecule has 372 valence electrons. The third kappa shape index (κ3) is 45.4. The average Bonchev–Trinajstić information content (AvgIpc) is 3.23. The van der Waals surface area contributed by atoms with Gasteiger partial charge >= 0.3 is 13.8 Å². The largest absolute Gasteiger partial charge is 0.472 e. The molecule has 2 N–H and O–H groups in total. The zero-order valence-corrected chi connectivity index (χ0v) is 43.2. The lowest BCUT2D eigenvalue weighted by Crippen LogP contribution is -2.47. The molecular formula is C53H104N2O7P+. The van der Waals surface area contributed by atoms with Crippen molar-refractivity contribution in [3.05, 3.63) is 24.3 Å². The van der Waals surface area contributed by atoms with Gasteiger partial charge in [-0.05, 0) is 57.4 Å². The number of rotatable bonds is 48. The number of ether oxygens (including phenoxy) is 1. The van der Waals surface area contributed by atoms with Gasteiger partial charge in [0.15, 0.2) is 0 Å². The van der Waals surface area contributed by atoms with Crippen molar-refractivity contribution in [3.63, 3.8) is 0 Å². The highest BCUT2D eigenvalue weighted by Gasteiger charge is 2.30. The molecule has 0 bridgehead atoms. The van der Waals surface area contributed by atoms with E-state index in [2.05, 4.69) is 38.2 Å². The lowest BCUT2D eigenvalue weighted by atomic mass is 10.0. The predicted molar refractivity (Wildman–Crippen MR) is 268 cm³/mol. The zero-order chi connectivity index (χ0) is 46.5. The summed E-state index contributed by atoms with van der Waals surface area (Å²) < 4.78 is 30.5. The Bertz CT molecular complexity index is 1140. The van der Waals surface area contributed by atoms with Gasteiger partial charge in [0.2, 0.25) is 5.91 Å². The van der Waals surface area contributed by atoms with Gasteiger partial charge in [-0.2, -0.15) is 0 Å². The van der Waals surface area contributed by atoms with Crippen LogP contribution in [0.4, 0.5) is 0 Å². The third-order valence-corrected chi connectivity index (χ3v) is 12.9. The molecule has 0 heterocycles. The van der Waals surface area contributed by atoms with Crippen molar-refractivity contribution >= 4 is 19.7 Å². The number of amides is 1. The molecule has 0 aromatic rings. The number of hydrogen-bond donors (Lipinski definition) is 2. The molecule has 0 aliphatic rings. The Labute approximate surface area is 390 Å². The number of unbranched alkanes of at least 4 members (excludes halogenated alkanes) is 30. The highest BCUT2D eigenvalue weighted by Crippen LogP contribution is 2.43. The number of nitrogens with one attached hydrogen (secondary N) is 1. The molecule has 0 saturated carbocycles. The molecule has 3 unspecified atom stereocenters. The Kier molecular flexibility index (Phi) is 43.3. The lowest BCUT2D eigenvalue weighted by molar-refractivity contribution is -0.870. The van der Waals surface area contributed by atoms with Crippen LogP contribution in [0.25, 0.3) is 0 Å². The highest BCUT2D eigenvalue weighted by atomic mass is 31.2. The summed E-state index contributed by atoms with van der Waals surface area (Å²) in [6.07, 6.45) is 48.8. The first kappa shape index (κ1) is 61.5. The maximum atomic E-state index is 13.4. The molecule has 10 heteroatoms. The molecule has 0 aromatic carbocycles. The minimum Gasteiger partial charge on any atom is -0.456 e. The minimum atomic E-state index is -4.43. The zero-order valence-electron chi connectivity index (χ0n) is 42.3. The molecule has 63 heavy (non-hydrogen) atoms. The van der Waals surface area contributed by atoms with E-state index in [9.17, 15) is 19.0 Å². The monoisotopic (exact) mass is 912 g/mol. The van der Waals surface area contributed by atoms with Gasteiger partial charge in [0, 0.05) is 12.8 Å². The fraction of sp³-hybridized carbons (Fsp3) is 0.887. The lowest BCUT2D eigenvalue weighted by Gasteiger charge is -2.27. The van der Waals surface area contributed by atoms with Crippen LogP contribution in [-0.4, -0.2) is 74.3 Å². The Morgan fingerprint density at radius 3 is 1.37 bits per heavy atom. The number of esters is 1. The van der Waals surface area contributed by atoms with Gasteiger partial charge in [-0.15, -0.1) is 0 Å². The number of quaternary nitrogens is 1. The highest BCUT2D eigenvalue weighted by molar-refractivity contribution is 7.47. The summed E-state index contributed by atoms with van der Waals surface area (Å²) in [5.74, 6) is -0.517. The molecule has 1 amide bonds. The molecule has 0 aliphatic carbocycles. The predicted octanol–water partition coefficient (Wildman–Crippen LogP) is 15.4. The molecule has 9 nitrogen and oxygen atoms in total. The second-order valence-electron chi connectivity index (χ2n) is 19.4. The number of likely N-dealkylation sites (N-methyl/N-ethyl adjacent to an activating group) is 1. The first-order valence-electron chi connectivity index (χ1n) is 26.7. The van der Waals surface area contributed by atoms with Gasteiger partial charge in [-0.3, -0.25) is 18.6 Å². The number of carbonyl (C=O) groups excluding carboxylic acids is 2. The Morgan fingerprint density at radius 1 is 0.540 bits per heavy atom. The quantitative estimate of drug-likeness (QED) is 0.0206. The van der Waals surface area contributed by atoms with Crippen LogP contribution in [-0.2, 0) is 27.9 Å². The maximum absolute atomic E-state index is 13.4. The van der Waals surface area contributed by atoms with Crippen LogP contribution in [0.2, 0.25) is 0 Å². The molecular weight excluding hydrogens is 808 g/mol. The van der Waals surface area contributed by atoms with Crippen LogP contribution in [0.5, 0.6) is 0 Å². The van der Waals surface area contributed by atoms with Gasteiger partial charge < -0.3 is 19.4 Å². The SMILES string of the molecule is CCCCCCCC/C=C\CCCCCC(=O)NC(COP(=O)(O)OCC[N+](C)(C)C)C(/C=C/CCCCCCCCCCCCC)OC(=O)CCCCCCCCCCCCC. The summed E-state index contributed by atoms with van der Waals surface area (Å²) in [5, 5.41) is 3.03. The number of carbonyl (C=O) groups is 2. The van der Waals surface area contributed by atoms with E-state index in [1.165, 1.54) is 148 Å². The Hall–Kier alpha value is -1.51. The van der Waals surface area contributed by atoms with Crippen molar-refractivity contribution in [3.8, 4) is 0 Å². The smallest absolute Gasteiger partial charge is 0.456 e. The summed E-state index contributed by atoms with van der Waals surface area (Å²) in [5.41, 5.74) is 0. The molecule has 0 radical (unpaired) electrons. The van der Waals surface area contributed by atoms with Gasteiger partial charge in [0.1, 0.15) is 19.3 Å². The first-order chi connectivity index (χ1) is 30.4. The normalized spacial score (nSPS) is 14.1. The average molecular weight is 912 g/mol. The molecule has 0 rings (SSSR count). The summed E-state index contributed by atoms with van der Waals surface area (Å²) in [4.78, 5) is 37.4. The first-order valence-corrected chi connectivity index (χ1v) is 28.2. The van der Waals surface area contributed by atoms with Gasteiger partial charge in [0.25, 0.3) is 0 Å². The minimum absolute atomic E-state index is 0.0405. The van der Waals surface area contributed by atoms with Crippen LogP contribution in [0.3, 0.4) is 0 Å². The number of phosphoric acid groups is 1. The van der Waals surface area contributed by atoms with E-state index < -0.39 is 20.0 Å². The van der Waals surface area contributed by atoms with Crippen LogP contribution in [0.1, 0.15) is 252 Å². The van der Waals surface area contributed by atoms with E-state index in [1.807, 2.05) is 33.3 Å².